The van der Waals surface area contributed by atoms with Crippen LogP contribution in [0.15, 0.2) is 12.4 Å². The fourth-order valence-electron chi connectivity index (χ4n) is 3.95. The van der Waals surface area contributed by atoms with Gasteiger partial charge in [-0.3, -0.25) is 19.2 Å². The van der Waals surface area contributed by atoms with Gasteiger partial charge in [-0.2, -0.15) is 5.10 Å². The molecule has 1 N–H and O–H groups in total. The Morgan fingerprint density at radius 2 is 2.07 bits per heavy atom. The number of ether oxygens (including phenoxy) is 2. The summed E-state index contributed by atoms with van der Waals surface area (Å²) < 4.78 is 13.2. The molecule has 2 saturated heterocycles. The molecule has 2 aliphatic heterocycles. The van der Waals surface area contributed by atoms with Gasteiger partial charge in [0, 0.05) is 59.1 Å². The van der Waals surface area contributed by atoms with E-state index in [1.807, 2.05) is 10.9 Å². The van der Waals surface area contributed by atoms with Gasteiger partial charge in [-0.15, -0.1) is 0 Å². The quantitative estimate of drug-likeness (QED) is 0.735. The van der Waals surface area contributed by atoms with E-state index in [-0.39, 0.29) is 30.5 Å². The summed E-state index contributed by atoms with van der Waals surface area (Å²) in [6.45, 7) is 4.56. The van der Waals surface area contributed by atoms with Crippen LogP contribution in [0.2, 0.25) is 0 Å². The van der Waals surface area contributed by atoms with Crippen LogP contribution in [-0.4, -0.2) is 90.5 Å². The SMILES string of the molecule is CC(=O)Nc1cnn([C@H]2C[C@@H](COCC(=O)N(C)C)N(C3CCOCC3)C2)c1. The number of rotatable bonds is 7. The van der Waals surface area contributed by atoms with Gasteiger partial charge < -0.3 is 19.7 Å². The Balaban J connectivity index is 1.64. The van der Waals surface area contributed by atoms with E-state index in [0.29, 0.717) is 18.3 Å². The van der Waals surface area contributed by atoms with E-state index in [1.165, 1.54) is 6.92 Å². The van der Waals surface area contributed by atoms with Crippen molar-refractivity contribution in [3.63, 3.8) is 0 Å². The third kappa shape index (κ3) is 5.30. The molecule has 0 saturated carbocycles. The first-order valence-corrected chi connectivity index (χ1v) is 9.87. The summed E-state index contributed by atoms with van der Waals surface area (Å²) >= 11 is 0. The second-order valence-corrected chi connectivity index (χ2v) is 7.78. The van der Waals surface area contributed by atoms with Crippen LogP contribution < -0.4 is 5.32 Å². The van der Waals surface area contributed by atoms with Crippen molar-refractivity contribution in [1.29, 1.82) is 0 Å². The van der Waals surface area contributed by atoms with Crippen LogP contribution in [0.25, 0.3) is 0 Å². The monoisotopic (exact) mass is 393 g/mol. The fourth-order valence-corrected chi connectivity index (χ4v) is 3.95. The van der Waals surface area contributed by atoms with Gasteiger partial charge in [0.05, 0.1) is 24.5 Å². The number of nitrogens with one attached hydrogen (secondary N) is 1. The van der Waals surface area contributed by atoms with Crippen LogP contribution >= 0.6 is 0 Å². The van der Waals surface area contributed by atoms with Crippen molar-refractivity contribution >= 4 is 17.5 Å². The molecule has 0 aliphatic carbocycles. The lowest BCUT2D eigenvalue weighted by Gasteiger charge is -2.35. The average molecular weight is 393 g/mol. The first-order valence-electron chi connectivity index (χ1n) is 9.87. The van der Waals surface area contributed by atoms with E-state index >= 15 is 0 Å². The number of carbonyl (C=O) groups is 2. The summed E-state index contributed by atoms with van der Waals surface area (Å²) in [5.41, 5.74) is 0.710. The van der Waals surface area contributed by atoms with E-state index in [2.05, 4.69) is 15.3 Å². The number of hydrogen-bond donors (Lipinski definition) is 1. The predicted octanol–water partition coefficient (Wildman–Crippen LogP) is 0.741. The summed E-state index contributed by atoms with van der Waals surface area (Å²) in [6.07, 6.45) is 6.48. The molecule has 0 spiro atoms. The minimum absolute atomic E-state index is 0.0285. The van der Waals surface area contributed by atoms with E-state index < -0.39 is 0 Å². The lowest BCUT2D eigenvalue weighted by Crippen LogP contribution is -2.44. The smallest absolute Gasteiger partial charge is 0.248 e. The van der Waals surface area contributed by atoms with Crippen LogP contribution in [-0.2, 0) is 19.1 Å². The lowest BCUT2D eigenvalue weighted by molar-refractivity contribution is -0.134. The number of carbonyl (C=O) groups excluding carboxylic acids is 2. The number of hydrogen-bond acceptors (Lipinski definition) is 6. The van der Waals surface area contributed by atoms with Crippen molar-refractivity contribution in [2.45, 2.75) is 44.3 Å². The molecule has 2 atom stereocenters. The molecule has 1 aromatic heterocycles. The van der Waals surface area contributed by atoms with Gasteiger partial charge in [-0.1, -0.05) is 0 Å². The molecule has 28 heavy (non-hydrogen) atoms. The summed E-state index contributed by atoms with van der Waals surface area (Å²) in [4.78, 5) is 27.1. The molecule has 0 aromatic carbocycles. The number of amides is 2. The standard InChI is InChI=1S/C19H31N5O4/c1-14(25)21-15-9-20-24(10-15)17-8-18(12-28-13-19(26)22(2)3)23(11-17)16-4-6-27-7-5-16/h9-10,16-18H,4-8,11-13H2,1-3H3,(H,21,25)/t17-,18-/m0/s1. The maximum absolute atomic E-state index is 11.8. The van der Waals surface area contributed by atoms with Gasteiger partial charge in [-0.05, 0) is 19.3 Å². The third-order valence-corrected chi connectivity index (χ3v) is 5.43. The molecule has 0 bridgehead atoms. The molecular weight excluding hydrogens is 362 g/mol. The highest BCUT2D eigenvalue weighted by Gasteiger charge is 2.38. The Kier molecular flexibility index (Phi) is 7.03. The molecule has 0 unspecified atom stereocenters. The highest BCUT2D eigenvalue weighted by molar-refractivity contribution is 5.88. The first-order chi connectivity index (χ1) is 13.4. The molecule has 156 valence electrons. The Labute approximate surface area is 165 Å². The minimum atomic E-state index is -0.105. The van der Waals surface area contributed by atoms with Gasteiger partial charge in [0.2, 0.25) is 11.8 Å². The molecule has 2 fully saturated rings. The molecular formula is C19H31N5O4. The van der Waals surface area contributed by atoms with Gasteiger partial charge in [0.25, 0.3) is 0 Å². The van der Waals surface area contributed by atoms with Crippen molar-refractivity contribution in [3.05, 3.63) is 12.4 Å². The molecule has 1 aromatic rings. The zero-order valence-electron chi connectivity index (χ0n) is 17.0. The molecule has 9 heteroatoms. The number of aromatic nitrogens is 2. The fraction of sp³-hybridized carbons (Fsp3) is 0.737. The number of likely N-dealkylation sites (tertiary alicyclic amines) is 1. The summed E-state index contributed by atoms with van der Waals surface area (Å²) in [5.74, 6) is -0.133. The maximum Gasteiger partial charge on any atom is 0.248 e. The van der Waals surface area contributed by atoms with Gasteiger partial charge >= 0.3 is 0 Å². The second-order valence-electron chi connectivity index (χ2n) is 7.78. The average Bonchev–Trinajstić information content (AvgIpc) is 3.29. The van der Waals surface area contributed by atoms with Crippen molar-refractivity contribution in [3.8, 4) is 0 Å². The normalized spacial score (nSPS) is 23.7. The van der Waals surface area contributed by atoms with Gasteiger partial charge in [0.1, 0.15) is 6.61 Å². The Morgan fingerprint density at radius 1 is 1.32 bits per heavy atom. The third-order valence-electron chi connectivity index (χ3n) is 5.43. The van der Waals surface area contributed by atoms with Crippen molar-refractivity contribution < 1.29 is 19.1 Å². The zero-order valence-corrected chi connectivity index (χ0v) is 17.0. The van der Waals surface area contributed by atoms with E-state index in [9.17, 15) is 9.59 Å². The number of likely N-dealkylation sites (N-methyl/N-ethyl adjacent to an activating group) is 1. The molecule has 3 heterocycles. The van der Waals surface area contributed by atoms with Crippen molar-refractivity contribution in [2.75, 3.05) is 52.4 Å². The molecule has 3 rings (SSSR count). The second kappa shape index (κ2) is 9.49. The van der Waals surface area contributed by atoms with Crippen molar-refractivity contribution in [2.24, 2.45) is 0 Å². The summed E-state index contributed by atoms with van der Waals surface area (Å²) in [5, 5.41) is 7.22. The van der Waals surface area contributed by atoms with Crippen LogP contribution in [0.1, 0.15) is 32.2 Å². The Hall–Kier alpha value is -1.97. The van der Waals surface area contributed by atoms with E-state index in [1.54, 1.807) is 25.2 Å². The van der Waals surface area contributed by atoms with E-state index in [0.717, 1.165) is 39.0 Å². The van der Waals surface area contributed by atoms with Crippen LogP contribution in [0.5, 0.6) is 0 Å². The Morgan fingerprint density at radius 3 is 2.75 bits per heavy atom. The topological polar surface area (TPSA) is 88.9 Å². The number of anilines is 1. The van der Waals surface area contributed by atoms with Crippen LogP contribution in [0.4, 0.5) is 5.69 Å². The summed E-state index contributed by atoms with van der Waals surface area (Å²) in [6, 6.07) is 0.905. The first kappa shape index (κ1) is 20.8. The van der Waals surface area contributed by atoms with Gasteiger partial charge in [0.15, 0.2) is 0 Å². The lowest BCUT2D eigenvalue weighted by atomic mass is 10.1. The van der Waals surface area contributed by atoms with Gasteiger partial charge in [-0.25, -0.2) is 0 Å². The summed E-state index contributed by atoms with van der Waals surface area (Å²) in [7, 11) is 3.46. The highest BCUT2D eigenvalue weighted by Crippen LogP contribution is 2.32. The molecule has 9 nitrogen and oxygen atoms in total. The number of nitrogens with zero attached hydrogens (tertiary/aromatic N) is 4. The predicted molar refractivity (Wildman–Crippen MR) is 104 cm³/mol. The minimum Gasteiger partial charge on any atom is -0.381 e. The maximum atomic E-state index is 11.8. The Bertz CT molecular complexity index is 671. The van der Waals surface area contributed by atoms with Crippen LogP contribution in [0, 0.1) is 0 Å². The molecule has 2 amide bonds. The van der Waals surface area contributed by atoms with Crippen molar-refractivity contribution in [1.82, 2.24) is 19.6 Å². The van der Waals surface area contributed by atoms with Crippen LogP contribution in [0.3, 0.4) is 0 Å². The zero-order chi connectivity index (χ0) is 20.1. The van der Waals surface area contributed by atoms with E-state index in [4.69, 9.17) is 9.47 Å². The molecule has 0 radical (unpaired) electrons. The largest absolute Gasteiger partial charge is 0.381 e. The molecule has 2 aliphatic rings. The highest BCUT2D eigenvalue weighted by atomic mass is 16.5.